The Morgan fingerprint density at radius 2 is 2.16 bits per heavy atom. The second kappa shape index (κ2) is 4.94. The van der Waals surface area contributed by atoms with Crippen LogP contribution in [0.2, 0.25) is 0 Å². The number of sulfonamides is 1. The average molecular weight is 282 g/mol. The fourth-order valence-corrected chi connectivity index (χ4v) is 3.10. The molecule has 102 valence electrons. The highest BCUT2D eigenvalue weighted by Crippen LogP contribution is 2.19. The van der Waals surface area contributed by atoms with Crippen LogP contribution in [0, 0.1) is 6.92 Å². The van der Waals surface area contributed by atoms with Crippen LogP contribution in [0.25, 0.3) is 0 Å². The maximum Gasteiger partial charge on any atom is 0.241 e. The second-order valence-corrected chi connectivity index (χ2v) is 5.82. The molecule has 1 heterocycles. The first-order valence-electron chi connectivity index (χ1n) is 5.52. The van der Waals surface area contributed by atoms with Gasteiger partial charge < -0.3 is 5.73 Å². The van der Waals surface area contributed by atoms with E-state index in [1.807, 2.05) is 0 Å². The molecule has 2 rings (SSSR count). The van der Waals surface area contributed by atoms with E-state index in [4.69, 9.17) is 5.73 Å². The molecule has 0 saturated heterocycles. The van der Waals surface area contributed by atoms with Gasteiger partial charge in [0.15, 0.2) is 5.82 Å². The number of aryl methyl sites for hydroxylation is 1. The average Bonchev–Trinajstić information content (AvgIpc) is 2.80. The van der Waals surface area contributed by atoms with Gasteiger partial charge in [0.25, 0.3) is 0 Å². The molecule has 0 aliphatic rings. The summed E-state index contributed by atoms with van der Waals surface area (Å²) in [6, 6.07) is 4.03. The van der Waals surface area contributed by atoms with Crippen molar-refractivity contribution in [1.82, 2.24) is 25.3 Å². The molecule has 8 nitrogen and oxygen atoms in total. The largest absolute Gasteiger partial charge is 0.399 e. The quantitative estimate of drug-likeness (QED) is 0.684. The number of nitrogens with one attached hydrogen (secondary N) is 2. The molecular weight excluding hydrogens is 268 g/mol. The van der Waals surface area contributed by atoms with E-state index in [1.165, 1.54) is 6.07 Å². The lowest BCUT2D eigenvalue weighted by atomic mass is 10.2. The first-order chi connectivity index (χ1) is 8.90. The smallest absolute Gasteiger partial charge is 0.241 e. The number of nitrogens with two attached hydrogens (primary N) is 1. The van der Waals surface area contributed by atoms with Crippen molar-refractivity contribution < 1.29 is 8.42 Å². The van der Waals surface area contributed by atoms with Gasteiger partial charge in [-0.25, -0.2) is 13.1 Å². The Morgan fingerprint density at radius 1 is 1.42 bits per heavy atom. The Labute approximate surface area is 110 Å². The molecule has 0 radical (unpaired) electrons. The normalized spacial score (nSPS) is 13.4. The monoisotopic (exact) mass is 282 g/mol. The van der Waals surface area contributed by atoms with Crippen molar-refractivity contribution in [3.63, 3.8) is 0 Å². The van der Waals surface area contributed by atoms with Gasteiger partial charge in [-0.1, -0.05) is 5.21 Å². The van der Waals surface area contributed by atoms with Crippen molar-refractivity contribution in [2.45, 2.75) is 24.8 Å². The SMILES string of the molecule is Cc1cc(N)ccc1S(=O)(=O)NC(C)c1nn[nH]n1. The Balaban J connectivity index is 2.28. The highest BCUT2D eigenvalue weighted by molar-refractivity contribution is 7.89. The fraction of sp³-hybridized carbons (Fsp3) is 0.300. The Kier molecular flexibility index (Phi) is 3.49. The zero-order valence-electron chi connectivity index (χ0n) is 10.5. The molecule has 1 aromatic heterocycles. The third-order valence-electron chi connectivity index (χ3n) is 2.57. The van der Waals surface area contributed by atoms with Gasteiger partial charge in [0.1, 0.15) is 0 Å². The summed E-state index contributed by atoms with van der Waals surface area (Å²) in [5, 5.41) is 13.1. The van der Waals surface area contributed by atoms with Crippen molar-refractivity contribution in [2.24, 2.45) is 0 Å². The number of aromatic amines is 1. The molecule has 0 bridgehead atoms. The molecule has 9 heteroatoms. The standard InChI is InChI=1S/C10H14N6O2S/c1-6-5-8(11)3-4-9(6)19(17,18)14-7(2)10-12-15-16-13-10/h3-5,7,14H,11H2,1-2H3,(H,12,13,15,16). The topological polar surface area (TPSA) is 127 Å². The summed E-state index contributed by atoms with van der Waals surface area (Å²) < 4.78 is 26.9. The lowest BCUT2D eigenvalue weighted by Crippen LogP contribution is -2.28. The van der Waals surface area contributed by atoms with E-state index < -0.39 is 16.1 Å². The van der Waals surface area contributed by atoms with Gasteiger partial charge >= 0.3 is 0 Å². The summed E-state index contributed by atoms with van der Waals surface area (Å²) in [4.78, 5) is 0.178. The molecule has 1 aromatic carbocycles. The molecule has 0 aliphatic heterocycles. The third-order valence-corrected chi connectivity index (χ3v) is 4.27. The summed E-state index contributed by atoms with van der Waals surface area (Å²) in [5.41, 5.74) is 6.69. The predicted molar refractivity (Wildman–Crippen MR) is 68.5 cm³/mol. The molecule has 1 atom stereocenters. The number of benzene rings is 1. The highest BCUT2D eigenvalue weighted by atomic mass is 32.2. The van der Waals surface area contributed by atoms with E-state index in [-0.39, 0.29) is 10.7 Å². The lowest BCUT2D eigenvalue weighted by molar-refractivity contribution is 0.559. The minimum atomic E-state index is -3.66. The number of anilines is 1. The molecule has 1 unspecified atom stereocenters. The molecule has 0 saturated carbocycles. The van der Waals surface area contributed by atoms with E-state index in [1.54, 1.807) is 26.0 Å². The van der Waals surface area contributed by atoms with Crippen LogP contribution < -0.4 is 10.5 Å². The summed E-state index contributed by atoms with van der Waals surface area (Å²) >= 11 is 0. The van der Waals surface area contributed by atoms with Gasteiger partial charge in [-0.3, -0.25) is 0 Å². The van der Waals surface area contributed by atoms with E-state index >= 15 is 0 Å². The third kappa shape index (κ3) is 2.88. The first-order valence-corrected chi connectivity index (χ1v) is 7.00. The second-order valence-electron chi connectivity index (χ2n) is 4.14. The molecule has 2 aromatic rings. The van der Waals surface area contributed by atoms with Gasteiger partial charge in [0, 0.05) is 5.69 Å². The zero-order valence-corrected chi connectivity index (χ0v) is 11.3. The van der Waals surface area contributed by atoms with E-state index in [0.29, 0.717) is 11.3 Å². The molecular formula is C10H14N6O2S. The van der Waals surface area contributed by atoms with Gasteiger partial charge in [-0.05, 0) is 37.6 Å². The fourth-order valence-electron chi connectivity index (χ4n) is 1.68. The van der Waals surface area contributed by atoms with E-state index in [9.17, 15) is 8.42 Å². The van der Waals surface area contributed by atoms with Crippen LogP contribution in [0.15, 0.2) is 23.1 Å². The predicted octanol–water partition coefficient (Wildman–Crippen LogP) is 0.130. The van der Waals surface area contributed by atoms with Gasteiger partial charge in [-0.15, -0.1) is 10.2 Å². The minimum absolute atomic E-state index is 0.178. The van der Waals surface area contributed by atoms with Crippen LogP contribution in [-0.4, -0.2) is 29.0 Å². The number of H-pyrrole nitrogens is 1. The van der Waals surface area contributed by atoms with Crippen molar-refractivity contribution in [2.75, 3.05) is 5.73 Å². The van der Waals surface area contributed by atoms with Gasteiger partial charge in [-0.2, -0.15) is 5.21 Å². The van der Waals surface area contributed by atoms with Crippen LogP contribution in [-0.2, 0) is 10.0 Å². The number of tetrazole rings is 1. The van der Waals surface area contributed by atoms with Crippen molar-refractivity contribution >= 4 is 15.7 Å². The summed E-state index contributed by atoms with van der Waals surface area (Å²) in [6.45, 7) is 3.32. The molecule has 0 aliphatic carbocycles. The van der Waals surface area contributed by atoms with Crippen molar-refractivity contribution in [1.29, 1.82) is 0 Å². The minimum Gasteiger partial charge on any atom is -0.399 e. The number of rotatable bonds is 4. The number of nitrogen functional groups attached to an aromatic ring is 1. The molecule has 0 fully saturated rings. The Morgan fingerprint density at radius 3 is 2.74 bits per heavy atom. The van der Waals surface area contributed by atoms with Crippen LogP contribution in [0.4, 0.5) is 5.69 Å². The van der Waals surface area contributed by atoms with Crippen LogP contribution >= 0.6 is 0 Å². The Bertz CT molecular complexity index is 667. The molecule has 0 spiro atoms. The maximum atomic E-state index is 12.2. The number of aromatic nitrogens is 4. The van der Waals surface area contributed by atoms with Gasteiger partial charge in [0.05, 0.1) is 10.9 Å². The maximum absolute atomic E-state index is 12.2. The number of hydrogen-bond donors (Lipinski definition) is 3. The van der Waals surface area contributed by atoms with Crippen LogP contribution in [0.5, 0.6) is 0 Å². The van der Waals surface area contributed by atoms with E-state index in [2.05, 4.69) is 25.3 Å². The van der Waals surface area contributed by atoms with E-state index in [0.717, 1.165) is 0 Å². The van der Waals surface area contributed by atoms with Crippen molar-refractivity contribution in [3.05, 3.63) is 29.6 Å². The summed E-state index contributed by atoms with van der Waals surface area (Å²) in [7, 11) is -3.66. The zero-order chi connectivity index (χ0) is 14.0. The number of nitrogens with zero attached hydrogens (tertiary/aromatic N) is 3. The molecule has 0 amide bonds. The Hall–Kier alpha value is -2.00. The van der Waals surface area contributed by atoms with Gasteiger partial charge in [0.2, 0.25) is 10.0 Å². The van der Waals surface area contributed by atoms with Crippen molar-refractivity contribution in [3.8, 4) is 0 Å². The summed E-state index contributed by atoms with van der Waals surface area (Å²) in [6.07, 6.45) is 0. The summed E-state index contributed by atoms with van der Waals surface area (Å²) in [5.74, 6) is 0.275. The molecule has 4 N–H and O–H groups in total. The highest BCUT2D eigenvalue weighted by Gasteiger charge is 2.22. The van der Waals surface area contributed by atoms with Crippen LogP contribution in [0.3, 0.4) is 0 Å². The van der Waals surface area contributed by atoms with Crippen LogP contribution in [0.1, 0.15) is 24.4 Å². The number of hydrogen-bond acceptors (Lipinski definition) is 6. The first kappa shape index (κ1) is 13.4. The molecule has 19 heavy (non-hydrogen) atoms. The lowest BCUT2D eigenvalue weighted by Gasteiger charge is -2.12.